The number of nitrogens with zero attached hydrogens (tertiary/aromatic N) is 3. The molecule has 7 nitrogen and oxygen atoms in total. The molecule has 24 heavy (non-hydrogen) atoms. The Morgan fingerprint density at radius 1 is 1.46 bits per heavy atom. The average molecular weight is 343 g/mol. The molecule has 0 spiro atoms. The van der Waals surface area contributed by atoms with Gasteiger partial charge in [-0.3, -0.25) is 9.59 Å². The number of nitriles is 1. The van der Waals surface area contributed by atoms with Crippen LogP contribution in [0.4, 0.5) is 5.69 Å². The summed E-state index contributed by atoms with van der Waals surface area (Å²) in [5, 5.41) is 22.1. The number of hydrogen-bond acceptors (Lipinski definition) is 6. The number of carbonyl (C=O) groups is 2. The minimum absolute atomic E-state index is 0.00818. The second kappa shape index (κ2) is 8.26. The van der Waals surface area contributed by atoms with Gasteiger partial charge in [-0.25, -0.2) is 0 Å². The molecule has 8 heteroatoms. The largest absolute Gasteiger partial charge is 0.325 e. The van der Waals surface area contributed by atoms with E-state index in [4.69, 9.17) is 5.26 Å². The SMILES string of the molecule is CC/C(C)=N\N=C1/NC(=O)C(CC(=O)Nc2ccccc2C#N)S1. The number of anilines is 1. The minimum Gasteiger partial charge on any atom is -0.325 e. The van der Waals surface area contributed by atoms with Gasteiger partial charge < -0.3 is 10.6 Å². The van der Waals surface area contributed by atoms with Gasteiger partial charge in [-0.05, 0) is 25.5 Å². The summed E-state index contributed by atoms with van der Waals surface area (Å²) in [4.78, 5) is 24.0. The second-order valence-corrected chi connectivity index (χ2v) is 6.29. The molecule has 0 radical (unpaired) electrons. The van der Waals surface area contributed by atoms with E-state index in [1.165, 1.54) is 11.8 Å². The normalized spacial score (nSPS) is 19.0. The first-order valence-electron chi connectivity index (χ1n) is 7.41. The molecule has 1 atom stereocenters. The molecule has 1 heterocycles. The van der Waals surface area contributed by atoms with Crippen LogP contribution in [0, 0.1) is 11.3 Å². The zero-order valence-corrected chi connectivity index (χ0v) is 14.2. The van der Waals surface area contributed by atoms with E-state index in [0.717, 1.165) is 12.1 Å². The molecule has 1 unspecified atom stereocenters. The second-order valence-electron chi connectivity index (χ2n) is 5.10. The average Bonchev–Trinajstić information content (AvgIpc) is 2.92. The monoisotopic (exact) mass is 343 g/mol. The topological polar surface area (TPSA) is 107 Å². The van der Waals surface area contributed by atoms with E-state index in [1.807, 2.05) is 19.9 Å². The minimum atomic E-state index is -0.560. The predicted octanol–water partition coefficient (Wildman–Crippen LogP) is 2.26. The van der Waals surface area contributed by atoms with Gasteiger partial charge in [0.15, 0.2) is 5.17 Å². The molecular weight excluding hydrogens is 326 g/mol. The van der Waals surface area contributed by atoms with Gasteiger partial charge in [-0.2, -0.15) is 10.4 Å². The van der Waals surface area contributed by atoms with Crippen LogP contribution in [0.5, 0.6) is 0 Å². The highest BCUT2D eigenvalue weighted by molar-refractivity contribution is 8.15. The fourth-order valence-electron chi connectivity index (χ4n) is 1.85. The van der Waals surface area contributed by atoms with Crippen LogP contribution in [-0.4, -0.2) is 27.9 Å². The first-order valence-corrected chi connectivity index (χ1v) is 8.29. The third-order valence-electron chi connectivity index (χ3n) is 3.29. The number of thioether (sulfide) groups is 1. The number of nitrogens with one attached hydrogen (secondary N) is 2. The number of amidine groups is 1. The highest BCUT2D eigenvalue weighted by Crippen LogP contribution is 2.23. The van der Waals surface area contributed by atoms with Gasteiger partial charge in [0, 0.05) is 12.1 Å². The van der Waals surface area contributed by atoms with Crippen molar-refractivity contribution >= 4 is 40.1 Å². The Kier molecular flexibility index (Phi) is 6.09. The summed E-state index contributed by atoms with van der Waals surface area (Å²) in [7, 11) is 0. The van der Waals surface area contributed by atoms with E-state index >= 15 is 0 Å². The summed E-state index contributed by atoms with van der Waals surface area (Å²) in [5.74, 6) is -0.605. The smallest absolute Gasteiger partial charge is 0.240 e. The van der Waals surface area contributed by atoms with Crippen LogP contribution in [0.25, 0.3) is 0 Å². The number of benzene rings is 1. The molecule has 1 aromatic carbocycles. The summed E-state index contributed by atoms with van der Waals surface area (Å²) in [5.41, 5.74) is 1.66. The van der Waals surface area contributed by atoms with Crippen molar-refractivity contribution in [3.8, 4) is 6.07 Å². The Morgan fingerprint density at radius 2 is 2.21 bits per heavy atom. The number of hydrogen-bond donors (Lipinski definition) is 2. The van der Waals surface area contributed by atoms with Crippen LogP contribution in [-0.2, 0) is 9.59 Å². The number of amides is 2. The van der Waals surface area contributed by atoms with E-state index < -0.39 is 5.25 Å². The molecule has 124 valence electrons. The van der Waals surface area contributed by atoms with Crippen molar-refractivity contribution in [3.05, 3.63) is 29.8 Å². The van der Waals surface area contributed by atoms with Crippen LogP contribution in [0.1, 0.15) is 32.3 Å². The fraction of sp³-hybridized carbons (Fsp3) is 0.312. The van der Waals surface area contributed by atoms with Crippen molar-refractivity contribution in [2.24, 2.45) is 10.2 Å². The molecule has 2 amide bonds. The molecular formula is C16H17N5O2S. The molecule has 1 saturated heterocycles. The predicted molar refractivity (Wildman–Crippen MR) is 94.8 cm³/mol. The lowest BCUT2D eigenvalue weighted by molar-refractivity contribution is -0.122. The lowest BCUT2D eigenvalue weighted by Gasteiger charge is -2.08. The first kappa shape index (κ1) is 17.7. The Hall–Kier alpha value is -2.66. The Morgan fingerprint density at radius 3 is 2.92 bits per heavy atom. The maximum atomic E-state index is 12.1. The van der Waals surface area contributed by atoms with Crippen molar-refractivity contribution in [1.29, 1.82) is 5.26 Å². The lowest BCUT2D eigenvalue weighted by atomic mass is 10.2. The maximum absolute atomic E-state index is 12.1. The summed E-state index contributed by atoms with van der Waals surface area (Å²) < 4.78 is 0. The van der Waals surface area contributed by atoms with Crippen molar-refractivity contribution in [1.82, 2.24) is 5.32 Å². The van der Waals surface area contributed by atoms with E-state index in [0.29, 0.717) is 16.4 Å². The molecule has 1 fully saturated rings. The third-order valence-corrected chi connectivity index (χ3v) is 4.36. The van der Waals surface area contributed by atoms with Gasteiger partial charge in [0.05, 0.1) is 11.3 Å². The van der Waals surface area contributed by atoms with Crippen LogP contribution in [0.2, 0.25) is 0 Å². The molecule has 1 aromatic rings. The standard InChI is InChI=1S/C16H17N5O2S/c1-3-10(2)20-21-16-19-15(23)13(24-16)8-14(22)18-12-7-5-4-6-11(12)9-17/h4-7,13H,3,8H2,1-2H3,(H,18,22)(H,19,21,23)/b20-10-. The van der Waals surface area contributed by atoms with Gasteiger partial charge in [0.25, 0.3) is 0 Å². The lowest BCUT2D eigenvalue weighted by Crippen LogP contribution is -2.28. The molecule has 0 aromatic heterocycles. The highest BCUT2D eigenvalue weighted by atomic mass is 32.2. The van der Waals surface area contributed by atoms with E-state index in [1.54, 1.807) is 24.3 Å². The van der Waals surface area contributed by atoms with Gasteiger partial charge in [-0.1, -0.05) is 30.8 Å². The van der Waals surface area contributed by atoms with Crippen LogP contribution >= 0.6 is 11.8 Å². The van der Waals surface area contributed by atoms with Crippen LogP contribution < -0.4 is 10.6 Å². The molecule has 1 aliphatic heterocycles. The zero-order valence-electron chi connectivity index (χ0n) is 13.4. The van der Waals surface area contributed by atoms with E-state index in [9.17, 15) is 9.59 Å². The first-order chi connectivity index (χ1) is 11.5. The van der Waals surface area contributed by atoms with E-state index in [-0.39, 0.29) is 18.2 Å². The molecule has 2 N–H and O–H groups in total. The fourth-order valence-corrected chi connectivity index (χ4v) is 2.76. The number of rotatable bonds is 5. The van der Waals surface area contributed by atoms with Gasteiger partial charge >= 0.3 is 0 Å². The highest BCUT2D eigenvalue weighted by Gasteiger charge is 2.32. The molecule has 2 rings (SSSR count). The maximum Gasteiger partial charge on any atom is 0.240 e. The summed E-state index contributed by atoms with van der Waals surface area (Å²) in [6.45, 7) is 3.81. The molecule has 1 aliphatic rings. The summed E-state index contributed by atoms with van der Waals surface area (Å²) in [6.07, 6.45) is 0.769. The van der Waals surface area contributed by atoms with E-state index in [2.05, 4.69) is 20.8 Å². The van der Waals surface area contributed by atoms with Crippen molar-refractivity contribution in [3.63, 3.8) is 0 Å². The Labute approximate surface area is 144 Å². The van der Waals surface area contributed by atoms with Crippen molar-refractivity contribution in [2.45, 2.75) is 31.9 Å². The summed E-state index contributed by atoms with van der Waals surface area (Å²) in [6, 6.07) is 8.72. The number of para-hydroxylation sites is 1. The third kappa shape index (κ3) is 4.67. The van der Waals surface area contributed by atoms with Crippen LogP contribution in [0.3, 0.4) is 0 Å². The zero-order chi connectivity index (χ0) is 17.5. The van der Waals surface area contributed by atoms with Crippen LogP contribution in [0.15, 0.2) is 34.5 Å². The quantitative estimate of drug-likeness (QED) is 0.631. The van der Waals surface area contributed by atoms with Gasteiger partial charge in [0.2, 0.25) is 11.8 Å². The van der Waals surface area contributed by atoms with Gasteiger partial charge in [0.1, 0.15) is 11.3 Å². The summed E-state index contributed by atoms with van der Waals surface area (Å²) >= 11 is 1.18. The molecule has 0 saturated carbocycles. The van der Waals surface area contributed by atoms with Crippen molar-refractivity contribution in [2.75, 3.05) is 5.32 Å². The molecule has 0 bridgehead atoms. The number of carbonyl (C=O) groups excluding carboxylic acids is 2. The Balaban J connectivity index is 1.97. The van der Waals surface area contributed by atoms with Crippen molar-refractivity contribution < 1.29 is 9.59 Å². The molecule has 0 aliphatic carbocycles. The Bertz CT molecular complexity index is 751. The van der Waals surface area contributed by atoms with Gasteiger partial charge in [-0.15, -0.1) is 5.10 Å².